The van der Waals surface area contributed by atoms with E-state index in [1.807, 2.05) is 12.1 Å². The van der Waals surface area contributed by atoms with Gasteiger partial charge < -0.3 is 0 Å². The van der Waals surface area contributed by atoms with Crippen LogP contribution in [0.25, 0.3) is 11.1 Å². The van der Waals surface area contributed by atoms with Crippen molar-refractivity contribution in [2.24, 2.45) is 0 Å². The van der Waals surface area contributed by atoms with Gasteiger partial charge in [0.2, 0.25) is 0 Å². The summed E-state index contributed by atoms with van der Waals surface area (Å²) in [6.45, 7) is 5.95. The standard InChI is InChI=1S/C15H15F/c1-10-4-6-14(11(2)8-10)13-5-7-15(16)12(3)9-13/h4-9H,1-3H3. The van der Waals surface area contributed by atoms with Gasteiger partial charge in [-0.2, -0.15) is 0 Å². The zero-order valence-electron chi connectivity index (χ0n) is 9.84. The molecule has 0 radical (unpaired) electrons. The Morgan fingerprint density at radius 3 is 2.19 bits per heavy atom. The van der Waals surface area contributed by atoms with Crippen LogP contribution in [0.15, 0.2) is 36.4 Å². The predicted octanol–water partition coefficient (Wildman–Crippen LogP) is 4.42. The van der Waals surface area contributed by atoms with Gasteiger partial charge in [0.15, 0.2) is 0 Å². The highest BCUT2D eigenvalue weighted by molar-refractivity contribution is 5.68. The lowest BCUT2D eigenvalue weighted by Crippen LogP contribution is -1.87. The molecule has 0 spiro atoms. The second kappa shape index (κ2) is 4.09. The maximum atomic E-state index is 13.2. The molecule has 0 atom stereocenters. The zero-order chi connectivity index (χ0) is 11.7. The van der Waals surface area contributed by atoms with Crippen molar-refractivity contribution >= 4 is 0 Å². The highest BCUT2D eigenvalue weighted by atomic mass is 19.1. The molecule has 0 heterocycles. The molecule has 0 aliphatic heterocycles. The van der Waals surface area contributed by atoms with E-state index in [-0.39, 0.29) is 5.82 Å². The molecule has 0 unspecified atom stereocenters. The van der Waals surface area contributed by atoms with Gasteiger partial charge in [-0.15, -0.1) is 0 Å². The first kappa shape index (κ1) is 10.9. The van der Waals surface area contributed by atoms with E-state index in [0.717, 1.165) is 5.56 Å². The summed E-state index contributed by atoms with van der Waals surface area (Å²) in [5, 5.41) is 0. The van der Waals surface area contributed by atoms with E-state index in [0.29, 0.717) is 5.56 Å². The third-order valence-electron chi connectivity index (χ3n) is 2.85. The van der Waals surface area contributed by atoms with Crippen LogP contribution in [0.4, 0.5) is 4.39 Å². The number of halogens is 1. The van der Waals surface area contributed by atoms with E-state index in [9.17, 15) is 4.39 Å². The van der Waals surface area contributed by atoms with Gasteiger partial charge in [-0.3, -0.25) is 0 Å². The summed E-state index contributed by atoms with van der Waals surface area (Å²) in [4.78, 5) is 0. The lowest BCUT2D eigenvalue weighted by molar-refractivity contribution is 0.619. The fourth-order valence-corrected chi connectivity index (χ4v) is 1.95. The van der Waals surface area contributed by atoms with Gasteiger partial charge in [-0.05, 0) is 55.2 Å². The Labute approximate surface area is 95.7 Å². The van der Waals surface area contributed by atoms with Gasteiger partial charge in [0.05, 0.1) is 0 Å². The van der Waals surface area contributed by atoms with E-state index in [2.05, 4.69) is 32.0 Å². The van der Waals surface area contributed by atoms with Crippen LogP contribution in [-0.2, 0) is 0 Å². The highest BCUT2D eigenvalue weighted by Crippen LogP contribution is 2.25. The molecule has 0 aromatic heterocycles. The second-order valence-corrected chi connectivity index (χ2v) is 4.28. The van der Waals surface area contributed by atoms with Crippen molar-refractivity contribution in [3.63, 3.8) is 0 Å². The second-order valence-electron chi connectivity index (χ2n) is 4.28. The quantitative estimate of drug-likeness (QED) is 0.659. The summed E-state index contributed by atoms with van der Waals surface area (Å²) >= 11 is 0. The minimum absolute atomic E-state index is 0.145. The molecule has 2 aromatic rings. The molecule has 82 valence electrons. The van der Waals surface area contributed by atoms with Gasteiger partial charge in [0.25, 0.3) is 0 Å². The average Bonchev–Trinajstić information content (AvgIpc) is 2.22. The summed E-state index contributed by atoms with van der Waals surface area (Å²) in [7, 11) is 0. The third-order valence-corrected chi connectivity index (χ3v) is 2.85. The third kappa shape index (κ3) is 1.99. The first-order chi connectivity index (χ1) is 7.58. The van der Waals surface area contributed by atoms with Gasteiger partial charge in [-0.1, -0.05) is 29.8 Å². The summed E-state index contributed by atoms with van der Waals surface area (Å²) in [6, 6.07) is 11.6. The van der Waals surface area contributed by atoms with Crippen molar-refractivity contribution in [3.05, 3.63) is 58.9 Å². The summed E-state index contributed by atoms with van der Waals surface area (Å²) in [5.74, 6) is -0.145. The molecule has 0 nitrogen and oxygen atoms in total. The molecule has 0 amide bonds. The molecule has 0 saturated carbocycles. The van der Waals surface area contributed by atoms with Gasteiger partial charge in [0.1, 0.15) is 5.82 Å². The van der Waals surface area contributed by atoms with Crippen LogP contribution in [-0.4, -0.2) is 0 Å². The molecule has 1 heteroatoms. The fourth-order valence-electron chi connectivity index (χ4n) is 1.95. The molecule has 0 aliphatic rings. The topological polar surface area (TPSA) is 0 Å². The molecule has 0 bridgehead atoms. The Hall–Kier alpha value is -1.63. The van der Waals surface area contributed by atoms with E-state index in [1.165, 1.54) is 22.8 Å². The van der Waals surface area contributed by atoms with E-state index in [4.69, 9.17) is 0 Å². The van der Waals surface area contributed by atoms with Crippen LogP contribution in [0.1, 0.15) is 16.7 Å². The number of aryl methyl sites for hydroxylation is 3. The monoisotopic (exact) mass is 214 g/mol. The number of rotatable bonds is 1. The first-order valence-corrected chi connectivity index (χ1v) is 5.42. The van der Waals surface area contributed by atoms with Crippen LogP contribution in [0.2, 0.25) is 0 Å². The zero-order valence-corrected chi connectivity index (χ0v) is 9.84. The average molecular weight is 214 g/mol. The number of benzene rings is 2. The molecule has 0 N–H and O–H groups in total. The Morgan fingerprint density at radius 2 is 1.56 bits per heavy atom. The Morgan fingerprint density at radius 1 is 0.812 bits per heavy atom. The minimum Gasteiger partial charge on any atom is -0.207 e. The van der Waals surface area contributed by atoms with Crippen molar-refractivity contribution in [1.82, 2.24) is 0 Å². The van der Waals surface area contributed by atoms with Crippen LogP contribution >= 0.6 is 0 Å². The molecule has 2 rings (SSSR count). The van der Waals surface area contributed by atoms with E-state index < -0.39 is 0 Å². The minimum atomic E-state index is -0.145. The van der Waals surface area contributed by atoms with Crippen molar-refractivity contribution in [3.8, 4) is 11.1 Å². The molecular formula is C15H15F. The van der Waals surface area contributed by atoms with Gasteiger partial charge >= 0.3 is 0 Å². The fraction of sp³-hybridized carbons (Fsp3) is 0.200. The molecule has 0 aliphatic carbocycles. The molecular weight excluding hydrogens is 199 g/mol. The van der Waals surface area contributed by atoms with Crippen LogP contribution < -0.4 is 0 Å². The number of hydrogen-bond donors (Lipinski definition) is 0. The van der Waals surface area contributed by atoms with Crippen molar-refractivity contribution in [2.45, 2.75) is 20.8 Å². The SMILES string of the molecule is Cc1ccc(-c2ccc(F)c(C)c2)c(C)c1. The predicted molar refractivity (Wildman–Crippen MR) is 66.0 cm³/mol. The Kier molecular flexibility index (Phi) is 2.78. The number of hydrogen-bond acceptors (Lipinski definition) is 0. The van der Waals surface area contributed by atoms with Crippen LogP contribution in [0.3, 0.4) is 0 Å². The van der Waals surface area contributed by atoms with Crippen LogP contribution in [0.5, 0.6) is 0 Å². The van der Waals surface area contributed by atoms with E-state index in [1.54, 1.807) is 6.92 Å². The summed E-state index contributed by atoms with van der Waals surface area (Å²) in [5.41, 5.74) is 5.42. The molecule has 2 aromatic carbocycles. The maximum Gasteiger partial charge on any atom is 0.126 e. The Balaban J connectivity index is 2.54. The highest BCUT2D eigenvalue weighted by Gasteiger charge is 2.04. The van der Waals surface area contributed by atoms with E-state index >= 15 is 0 Å². The maximum absolute atomic E-state index is 13.2. The Bertz CT molecular complexity index is 527. The smallest absolute Gasteiger partial charge is 0.126 e. The van der Waals surface area contributed by atoms with Gasteiger partial charge in [0, 0.05) is 0 Å². The first-order valence-electron chi connectivity index (χ1n) is 5.42. The summed E-state index contributed by atoms with van der Waals surface area (Å²) < 4.78 is 13.2. The molecule has 0 fully saturated rings. The van der Waals surface area contributed by atoms with Crippen LogP contribution in [0, 0.1) is 26.6 Å². The largest absolute Gasteiger partial charge is 0.207 e. The van der Waals surface area contributed by atoms with Crippen molar-refractivity contribution < 1.29 is 4.39 Å². The molecule has 0 saturated heterocycles. The normalized spacial score (nSPS) is 10.5. The van der Waals surface area contributed by atoms with Crippen molar-refractivity contribution in [1.29, 1.82) is 0 Å². The lowest BCUT2D eigenvalue weighted by atomic mass is 9.97. The van der Waals surface area contributed by atoms with Gasteiger partial charge in [-0.25, -0.2) is 4.39 Å². The van der Waals surface area contributed by atoms with Crippen molar-refractivity contribution in [2.75, 3.05) is 0 Å². The molecule has 16 heavy (non-hydrogen) atoms. The lowest BCUT2D eigenvalue weighted by Gasteiger charge is -2.08. The summed E-state index contributed by atoms with van der Waals surface area (Å²) in [6.07, 6.45) is 0.